The average molecular weight is 265 g/mol. The highest BCUT2D eigenvalue weighted by Crippen LogP contribution is 2.51. The summed E-state index contributed by atoms with van der Waals surface area (Å²) in [5, 5.41) is 13.8. The number of aromatic nitrogens is 2. The minimum atomic E-state index is -0.778. The number of nitrogens with one attached hydrogen (secondary N) is 1. The van der Waals surface area contributed by atoms with Crippen molar-refractivity contribution in [1.29, 1.82) is 0 Å². The molecule has 1 heterocycles. The lowest BCUT2D eigenvalue weighted by Gasteiger charge is -2.57. The topological polar surface area (TPSA) is 67.3 Å². The highest BCUT2D eigenvalue weighted by atomic mass is 16.5. The van der Waals surface area contributed by atoms with E-state index < -0.39 is 5.60 Å². The Bertz CT molecular complexity index is 450. The maximum Gasteiger partial charge on any atom is 0.222 e. The van der Waals surface area contributed by atoms with Crippen LogP contribution in [0.15, 0.2) is 12.3 Å². The molecule has 5 heteroatoms. The lowest BCUT2D eigenvalue weighted by atomic mass is 9.56. The first kappa shape index (κ1) is 14.2. The molecule has 1 aliphatic rings. The van der Waals surface area contributed by atoms with Crippen LogP contribution >= 0.6 is 0 Å². The van der Waals surface area contributed by atoms with Crippen LogP contribution in [0.3, 0.4) is 0 Å². The van der Waals surface area contributed by atoms with E-state index in [1.807, 2.05) is 33.8 Å². The Balaban J connectivity index is 1.96. The molecule has 1 aromatic heterocycles. The van der Waals surface area contributed by atoms with E-state index >= 15 is 0 Å². The molecule has 0 spiro atoms. The molecule has 0 bridgehead atoms. The lowest BCUT2D eigenvalue weighted by Crippen LogP contribution is -2.67. The third kappa shape index (κ3) is 2.58. The zero-order valence-electron chi connectivity index (χ0n) is 12.1. The molecule has 0 radical (unpaired) electrons. The first-order chi connectivity index (χ1) is 8.89. The normalized spacial score (nSPS) is 28.8. The van der Waals surface area contributed by atoms with Gasteiger partial charge in [-0.05, 0) is 19.9 Å². The van der Waals surface area contributed by atoms with Crippen molar-refractivity contribution < 1.29 is 9.84 Å². The Morgan fingerprint density at radius 2 is 2.26 bits per heavy atom. The number of aliphatic hydroxyl groups is 1. The highest BCUT2D eigenvalue weighted by Gasteiger charge is 2.59. The van der Waals surface area contributed by atoms with E-state index in [-0.39, 0.29) is 11.5 Å². The monoisotopic (exact) mass is 265 g/mol. The van der Waals surface area contributed by atoms with Crippen LogP contribution in [-0.2, 0) is 4.74 Å². The van der Waals surface area contributed by atoms with Gasteiger partial charge in [0.2, 0.25) is 5.95 Å². The van der Waals surface area contributed by atoms with Gasteiger partial charge in [-0.3, -0.25) is 0 Å². The van der Waals surface area contributed by atoms with Crippen LogP contribution in [0.2, 0.25) is 0 Å². The molecule has 2 unspecified atom stereocenters. The van der Waals surface area contributed by atoms with Crippen LogP contribution in [0.25, 0.3) is 0 Å². The number of hydrogen-bond acceptors (Lipinski definition) is 5. The van der Waals surface area contributed by atoms with Gasteiger partial charge in [0, 0.05) is 36.9 Å². The molecule has 5 nitrogen and oxygen atoms in total. The quantitative estimate of drug-likeness (QED) is 0.849. The zero-order valence-corrected chi connectivity index (χ0v) is 12.1. The van der Waals surface area contributed by atoms with Crippen molar-refractivity contribution in [1.82, 2.24) is 9.97 Å². The molecule has 1 saturated carbocycles. The van der Waals surface area contributed by atoms with Crippen molar-refractivity contribution in [2.24, 2.45) is 5.41 Å². The van der Waals surface area contributed by atoms with Gasteiger partial charge in [-0.15, -0.1) is 0 Å². The van der Waals surface area contributed by atoms with Gasteiger partial charge in [-0.2, -0.15) is 0 Å². The van der Waals surface area contributed by atoms with E-state index in [1.54, 1.807) is 6.20 Å². The van der Waals surface area contributed by atoms with E-state index in [0.29, 0.717) is 25.5 Å². The van der Waals surface area contributed by atoms with Crippen molar-refractivity contribution in [3.8, 4) is 0 Å². The molecule has 1 aromatic rings. The summed E-state index contributed by atoms with van der Waals surface area (Å²) in [6.45, 7) is 9.09. The van der Waals surface area contributed by atoms with Gasteiger partial charge in [0.25, 0.3) is 0 Å². The Morgan fingerprint density at radius 3 is 2.84 bits per heavy atom. The van der Waals surface area contributed by atoms with Crippen molar-refractivity contribution >= 4 is 5.95 Å². The predicted molar refractivity (Wildman–Crippen MR) is 74.0 cm³/mol. The number of hydrogen-bond donors (Lipinski definition) is 2. The average Bonchev–Trinajstić information content (AvgIpc) is 2.36. The number of aryl methyl sites for hydroxylation is 1. The molecule has 0 amide bonds. The van der Waals surface area contributed by atoms with E-state index in [2.05, 4.69) is 15.3 Å². The van der Waals surface area contributed by atoms with Crippen LogP contribution < -0.4 is 5.32 Å². The Kier molecular flexibility index (Phi) is 3.78. The molecule has 0 aliphatic heterocycles. The van der Waals surface area contributed by atoms with Crippen LogP contribution in [0.5, 0.6) is 0 Å². The molecule has 1 fully saturated rings. The maximum atomic E-state index is 10.7. The van der Waals surface area contributed by atoms with Crippen LogP contribution in [-0.4, -0.2) is 39.9 Å². The summed E-state index contributed by atoms with van der Waals surface area (Å²) in [4.78, 5) is 8.41. The number of rotatable bonds is 5. The lowest BCUT2D eigenvalue weighted by molar-refractivity contribution is -0.233. The van der Waals surface area contributed by atoms with E-state index in [4.69, 9.17) is 4.74 Å². The molecule has 1 aliphatic carbocycles. The Labute approximate surface area is 114 Å². The Morgan fingerprint density at radius 1 is 1.53 bits per heavy atom. The summed E-state index contributed by atoms with van der Waals surface area (Å²) < 4.78 is 5.64. The summed E-state index contributed by atoms with van der Waals surface area (Å²) in [6.07, 6.45) is 2.47. The van der Waals surface area contributed by atoms with E-state index in [0.717, 1.165) is 5.69 Å². The minimum Gasteiger partial charge on any atom is -0.387 e. The van der Waals surface area contributed by atoms with Gasteiger partial charge < -0.3 is 15.2 Å². The van der Waals surface area contributed by atoms with Gasteiger partial charge in [0.05, 0.1) is 11.7 Å². The number of nitrogens with zero attached hydrogens (tertiary/aromatic N) is 2. The second kappa shape index (κ2) is 5.06. The third-order valence-corrected chi connectivity index (χ3v) is 4.23. The molecule has 106 valence electrons. The molecule has 2 rings (SSSR count). The van der Waals surface area contributed by atoms with Crippen LogP contribution in [0.1, 0.15) is 32.9 Å². The van der Waals surface area contributed by atoms with Crippen molar-refractivity contribution in [2.75, 3.05) is 18.5 Å². The first-order valence-electron chi connectivity index (χ1n) is 6.76. The fourth-order valence-electron chi connectivity index (χ4n) is 2.52. The second-order valence-corrected chi connectivity index (χ2v) is 5.78. The predicted octanol–water partition coefficient (Wildman–Crippen LogP) is 1.76. The van der Waals surface area contributed by atoms with Gasteiger partial charge in [-0.25, -0.2) is 9.97 Å². The second-order valence-electron chi connectivity index (χ2n) is 5.78. The maximum absolute atomic E-state index is 10.7. The molecule has 2 atom stereocenters. The molecule has 0 saturated heterocycles. The van der Waals surface area contributed by atoms with Gasteiger partial charge in [0.15, 0.2) is 0 Å². The standard InChI is InChI=1S/C14H23N3O2/c1-5-19-11-8-14(18,13(11,3)4)9-16-12-15-7-6-10(2)17-12/h6-7,11,18H,5,8-9H2,1-4H3,(H,15,16,17). The van der Waals surface area contributed by atoms with Gasteiger partial charge in [-0.1, -0.05) is 13.8 Å². The summed E-state index contributed by atoms with van der Waals surface area (Å²) in [7, 11) is 0. The molecule has 2 N–H and O–H groups in total. The van der Waals surface area contributed by atoms with Crippen LogP contribution in [0.4, 0.5) is 5.95 Å². The fourth-order valence-corrected chi connectivity index (χ4v) is 2.52. The SMILES string of the molecule is CCOC1CC(O)(CNc2nccc(C)n2)C1(C)C. The van der Waals surface area contributed by atoms with E-state index in [9.17, 15) is 5.11 Å². The number of anilines is 1. The van der Waals surface area contributed by atoms with Crippen molar-refractivity contribution in [3.63, 3.8) is 0 Å². The van der Waals surface area contributed by atoms with Crippen molar-refractivity contribution in [3.05, 3.63) is 18.0 Å². The molecule has 19 heavy (non-hydrogen) atoms. The van der Waals surface area contributed by atoms with Gasteiger partial charge in [0.1, 0.15) is 0 Å². The van der Waals surface area contributed by atoms with Gasteiger partial charge >= 0.3 is 0 Å². The van der Waals surface area contributed by atoms with Crippen molar-refractivity contribution in [2.45, 2.75) is 45.8 Å². The fraction of sp³-hybridized carbons (Fsp3) is 0.714. The largest absolute Gasteiger partial charge is 0.387 e. The summed E-state index contributed by atoms with van der Waals surface area (Å²) >= 11 is 0. The third-order valence-electron chi connectivity index (χ3n) is 4.23. The minimum absolute atomic E-state index is 0.114. The summed E-state index contributed by atoms with van der Waals surface area (Å²) in [5.41, 5.74) is -0.135. The van der Waals surface area contributed by atoms with Crippen LogP contribution in [0, 0.1) is 12.3 Å². The number of ether oxygens (including phenoxy) is 1. The molecular weight excluding hydrogens is 242 g/mol. The smallest absolute Gasteiger partial charge is 0.222 e. The Hall–Kier alpha value is -1.20. The summed E-state index contributed by atoms with van der Waals surface area (Å²) in [6, 6.07) is 1.85. The highest BCUT2D eigenvalue weighted by molar-refractivity contribution is 5.27. The summed E-state index contributed by atoms with van der Waals surface area (Å²) in [5.74, 6) is 0.559. The molecule has 0 aromatic carbocycles. The first-order valence-corrected chi connectivity index (χ1v) is 6.76. The molecular formula is C14H23N3O2. The zero-order chi connectivity index (χ0) is 14.1. The van der Waals surface area contributed by atoms with E-state index in [1.165, 1.54) is 0 Å².